The molecule has 0 bridgehead atoms. The Kier molecular flexibility index (Phi) is 6.07. The highest BCUT2D eigenvalue weighted by Gasteiger charge is 2.21. The summed E-state index contributed by atoms with van der Waals surface area (Å²) in [5, 5.41) is 9.64. The smallest absolute Gasteiger partial charge is 0.311 e. The Bertz CT molecular complexity index is 696. The molecule has 1 atom stereocenters. The fraction of sp³-hybridized carbons (Fsp3) is 0.316. The van der Waals surface area contributed by atoms with Crippen LogP contribution in [0.5, 0.6) is 17.2 Å². The summed E-state index contributed by atoms with van der Waals surface area (Å²) in [4.78, 5) is 11.8. The van der Waals surface area contributed by atoms with E-state index in [-0.39, 0.29) is 0 Å². The average molecular weight is 330 g/mol. The van der Waals surface area contributed by atoms with Crippen molar-refractivity contribution in [3.05, 3.63) is 53.6 Å². The second kappa shape index (κ2) is 8.24. The molecule has 0 aliphatic heterocycles. The fourth-order valence-electron chi connectivity index (χ4n) is 2.58. The number of methoxy groups -OCH3 is 2. The van der Waals surface area contributed by atoms with Gasteiger partial charge in [-0.05, 0) is 48.7 Å². The topological polar surface area (TPSA) is 65.0 Å². The van der Waals surface area contributed by atoms with Crippen molar-refractivity contribution >= 4 is 5.97 Å². The van der Waals surface area contributed by atoms with Crippen LogP contribution in [0, 0.1) is 0 Å². The Morgan fingerprint density at radius 3 is 2.46 bits per heavy atom. The first-order valence-electron chi connectivity index (χ1n) is 7.75. The van der Waals surface area contributed by atoms with Crippen molar-refractivity contribution in [2.75, 3.05) is 20.8 Å². The fourth-order valence-corrected chi connectivity index (χ4v) is 2.58. The van der Waals surface area contributed by atoms with Crippen molar-refractivity contribution in [3.63, 3.8) is 0 Å². The summed E-state index contributed by atoms with van der Waals surface area (Å²) in [6.45, 7) is 2.43. The second-order valence-electron chi connectivity index (χ2n) is 5.29. The molecule has 2 aromatic rings. The maximum Gasteiger partial charge on any atom is 0.311 e. The lowest BCUT2D eigenvalue weighted by atomic mass is 9.92. The number of rotatable bonds is 8. The normalized spacial score (nSPS) is 11.6. The summed E-state index contributed by atoms with van der Waals surface area (Å²) in [6.07, 6.45) is 0.352. The molecule has 2 aromatic carbocycles. The van der Waals surface area contributed by atoms with Crippen molar-refractivity contribution in [2.24, 2.45) is 0 Å². The molecule has 0 heterocycles. The molecule has 0 fully saturated rings. The van der Waals surface area contributed by atoms with Crippen LogP contribution in [-0.4, -0.2) is 31.9 Å². The summed E-state index contributed by atoms with van der Waals surface area (Å²) in [7, 11) is 3.12. The van der Waals surface area contributed by atoms with Crippen molar-refractivity contribution in [1.82, 2.24) is 0 Å². The van der Waals surface area contributed by atoms with Gasteiger partial charge in [-0.25, -0.2) is 0 Å². The van der Waals surface area contributed by atoms with Gasteiger partial charge in [-0.2, -0.15) is 0 Å². The van der Waals surface area contributed by atoms with Crippen LogP contribution in [-0.2, 0) is 11.2 Å². The minimum atomic E-state index is -0.876. The minimum absolute atomic E-state index is 0.352. The largest absolute Gasteiger partial charge is 0.494 e. The molecular formula is C19H22O5. The van der Waals surface area contributed by atoms with Gasteiger partial charge in [-0.3, -0.25) is 4.79 Å². The van der Waals surface area contributed by atoms with Crippen molar-refractivity contribution in [2.45, 2.75) is 19.3 Å². The van der Waals surface area contributed by atoms with Crippen LogP contribution in [0.2, 0.25) is 0 Å². The van der Waals surface area contributed by atoms with E-state index in [9.17, 15) is 9.90 Å². The van der Waals surface area contributed by atoms with Crippen molar-refractivity contribution in [3.8, 4) is 17.2 Å². The first kappa shape index (κ1) is 17.7. The van der Waals surface area contributed by atoms with Gasteiger partial charge in [0.2, 0.25) is 0 Å². The lowest BCUT2D eigenvalue weighted by Crippen LogP contribution is -2.14. The van der Waals surface area contributed by atoms with Gasteiger partial charge < -0.3 is 19.3 Å². The van der Waals surface area contributed by atoms with Crippen LogP contribution in [0.25, 0.3) is 0 Å². The van der Waals surface area contributed by atoms with E-state index in [1.807, 2.05) is 31.2 Å². The van der Waals surface area contributed by atoms with E-state index in [0.29, 0.717) is 35.8 Å². The average Bonchev–Trinajstić information content (AvgIpc) is 2.59. The number of hydrogen-bond acceptors (Lipinski definition) is 4. The summed E-state index contributed by atoms with van der Waals surface area (Å²) in [6, 6.07) is 12.7. The molecule has 2 rings (SSSR count). The lowest BCUT2D eigenvalue weighted by Gasteiger charge is -2.15. The SMILES string of the molecule is CCOc1cccc(C(Cc2ccc(OC)c(OC)c2)C(=O)O)c1. The zero-order valence-electron chi connectivity index (χ0n) is 14.1. The predicted molar refractivity (Wildman–Crippen MR) is 91.2 cm³/mol. The summed E-state index contributed by atoms with van der Waals surface area (Å²) in [5.74, 6) is 0.337. The van der Waals surface area contributed by atoms with Crippen LogP contribution in [0.1, 0.15) is 24.0 Å². The van der Waals surface area contributed by atoms with E-state index in [4.69, 9.17) is 14.2 Å². The summed E-state index contributed by atoms with van der Waals surface area (Å²) >= 11 is 0. The number of carboxylic acid groups (broad SMARTS) is 1. The van der Waals surface area contributed by atoms with Gasteiger partial charge in [-0.1, -0.05) is 18.2 Å². The molecule has 0 aliphatic rings. The van der Waals surface area contributed by atoms with E-state index in [0.717, 1.165) is 5.56 Å². The Hall–Kier alpha value is -2.69. The molecule has 0 saturated carbocycles. The molecule has 0 aliphatic carbocycles. The van der Waals surface area contributed by atoms with Crippen LogP contribution in [0.3, 0.4) is 0 Å². The zero-order chi connectivity index (χ0) is 17.5. The maximum atomic E-state index is 11.8. The van der Waals surface area contributed by atoms with E-state index >= 15 is 0 Å². The Morgan fingerprint density at radius 1 is 1.08 bits per heavy atom. The highest BCUT2D eigenvalue weighted by atomic mass is 16.5. The third kappa shape index (κ3) is 4.19. The molecular weight excluding hydrogens is 308 g/mol. The van der Waals surface area contributed by atoms with Gasteiger partial charge in [0.05, 0.1) is 26.7 Å². The van der Waals surface area contributed by atoms with Crippen LogP contribution >= 0.6 is 0 Å². The number of aliphatic carboxylic acids is 1. The molecule has 0 aromatic heterocycles. The molecule has 0 spiro atoms. The van der Waals surface area contributed by atoms with Gasteiger partial charge in [0.15, 0.2) is 11.5 Å². The summed E-state index contributed by atoms with van der Waals surface area (Å²) in [5.41, 5.74) is 1.57. The Balaban J connectivity index is 2.29. The van der Waals surface area contributed by atoms with Gasteiger partial charge in [0.1, 0.15) is 5.75 Å². The molecule has 128 valence electrons. The van der Waals surface area contributed by atoms with E-state index in [1.165, 1.54) is 0 Å². The van der Waals surface area contributed by atoms with Crippen LogP contribution in [0.4, 0.5) is 0 Å². The quantitative estimate of drug-likeness (QED) is 0.802. The number of carbonyl (C=O) groups is 1. The molecule has 5 nitrogen and oxygen atoms in total. The number of carboxylic acids is 1. The van der Waals surface area contributed by atoms with E-state index < -0.39 is 11.9 Å². The number of benzene rings is 2. The highest BCUT2D eigenvalue weighted by Crippen LogP contribution is 2.31. The highest BCUT2D eigenvalue weighted by molar-refractivity contribution is 5.76. The molecule has 24 heavy (non-hydrogen) atoms. The second-order valence-corrected chi connectivity index (χ2v) is 5.29. The third-order valence-corrected chi connectivity index (χ3v) is 3.76. The Morgan fingerprint density at radius 2 is 1.83 bits per heavy atom. The standard InChI is InChI=1S/C19H22O5/c1-4-24-15-7-5-6-14(12-15)16(19(20)21)10-13-8-9-17(22-2)18(11-13)23-3/h5-9,11-12,16H,4,10H2,1-3H3,(H,20,21). The third-order valence-electron chi connectivity index (χ3n) is 3.76. The lowest BCUT2D eigenvalue weighted by molar-refractivity contribution is -0.138. The predicted octanol–water partition coefficient (Wildman–Crippen LogP) is 3.51. The Labute approximate surface area is 141 Å². The first-order chi connectivity index (χ1) is 11.6. The molecule has 1 unspecified atom stereocenters. The molecule has 5 heteroatoms. The van der Waals surface area contributed by atoms with E-state index in [1.54, 1.807) is 32.4 Å². The van der Waals surface area contributed by atoms with Crippen molar-refractivity contribution < 1.29 is 24.1 Å². The monoisotopic (exact) mass is 330 g/mol. The van der Waals surface area contributed by atoms with E-state index in [2.05, 4.69) is 0 Å². The summed E-state index contributed by atoms with van der Waals surface area (Å²) < 4.78 is 16.0. The number of ether oxygens (including phenoxy) is 3. The maximum absolute atomic E-state index is 11.8. The first-order valence-corrected chi connectivity index (χ1v) is 7.75. The van der Waals surface area contributed by atoms with Crippen LogP contribution < -0.4 is 14.2 Å². The van der Waals surface area contributed by atoms with Gasteiger partial charge in [0.25, 0.3) is 0 Å². The van der Waals surface area contributed by atoms with Crippen LogP contribution in [0.15, 0.2) is 42.5 Å². The molecule has 0 amide bonds. The molecule has 0 saturated heterocycles. The van der Waals surface area contributed by atoms with Gasteiger partial charge in [0, 0.05) is 0 Å². The molecule has 1 N–H and O–H groups in total. The molecule has 0 radical (unpaired) electrons. The number of hydrogen-bond donors (Lipinski definition) is 1. The van der Waals surface area contributed by atoms with Crippen molar-refractivity contribution in [1.29, 1.82) is 0 Å². The zero-order valence-corrected chi connectivity index (χ0v) is 14.1. The minimum Gasteiger partial charge on any atom is -0.494 e. The van der Waals surface area contributed by atoms with Gasteiger partial charge >= 0.3 is 5.97 Å². The van der Waals surface area contributed by atoms with Gasteiger partial charge in [-0.15, -0.1) is 0 Å².